The molecule has 2 N–H and O–H groups in total. The molecule has 0 aliphatic carbocycles. The van der Waals surface area contributed by atoms with Crippen molar-refractivity contribution in [1.82, 2.24) is 0 Å². The predicted octanol–water partition coefficient (Wildman–Crippen LogP) is 2.06. The molecule has 0 aliphatic heterocycles. The van der Waals surface area contributed by atoms with Crippen molar-refractivity contribution in [2.45, 2.75) is 46.1 Å². The Labute approximate surface area is 113 Å². The monoisotopic (exact) mass is 270 g/mol. The lowest BCUT2D eigenvalue weighted by Crippen LogP contribution is -2.09. The van der Waals surface area contributed by atoms with Crippen LogP contribution in [-0.4, -0.2) is 34.9 Å². The maximum Gasteiger partial charge on any atom is 0.333 e. The number of aliphatic hydroxyl groups is 1. The summed E-state index contributed by atoms with van der Waals surface area (Å²) in [7, 11) is 0. The Hall–Kier alpha value is -1.62. The van der Waals surface area contributed by atoms with Crippen LogP contribution in [0.15, 0.2) is 23.3 Å². The van der Waals surface area contributed by atoms with Gasteiger partial charge in [0.1, 0.15) is 0 Å². The van der Waals surface area contributed by atoms with Gasteiger partial charge in [0.2, 0.25) is 0 Å². The number of hydrogen-bond donors (Lipinski definition) is 2. The fraction of sp³-hybridized carbons (Fsp3) is 0.571. The highest BCUT2D eigenvalue weighted by Gasteiger charge is 2.06. The molecule has 0 radical (unpaired) electrons. The van der Waals surface area contributed by atoms with Crippen LogP contribution in [0.1, 0.15) is 40.0 Å². The number of carboxylic acid groups (broad SMARTS) is 1. The van der Waals surface area contributed by atoms with E-state index in [-0.39, 0.29) is 12.2 Å². The standard InChI is InChI=1S/C14H22O5/c1-4-12(15)8-7-11(3)14(18)19-9-5-6-10(2)13(16)17/h6-7,12,15H,4-5,8-9H2,1-3H3,(H,16,17). The minimum absolute atomic E-state index is 0.144. The topological polar surface area (TPSA) is 83.8 Å². The first-order valence-electron chi connectivity index (χ1n) is 6.30. The van der Waals surface area contributed by atoms with E-state index in [1.54, 1.807) is 13.0 Å². The van der Waals surface area contributed by atoms with E-state index in [2.05, 4.69) is 0 Å². The van der Waals surface area contributed by atoms with Crippen LogP contribution in [0, 0.1) is 0 Å². The van der Waals surface area contributed by atoms with Crippen molar-refractivity contribution in [3.05, 3.63) is 23.3 Å². The van der Waals surface area contributed by atoms with E-state index in [0.717, 1.165) is 0 Å². The van der Waals surface area contributed by atoms with Gasteiger partial charge in [0.05, 0.1) is 12.7 Å². The highest BCUT2D eigenvalue weighted by molar-refractivity contribution is 5.87. The van der Waals surface area contributed by atoms with Crippen LogP contribution in [0.5, 0.6) is 0 Å². The number of ether oxygens (including phenoxy) is 1. The quantitative estimate of drug-likeness (QED) is 0.400. The van der Waals surface area contributed by atoms with Crippen molar-refractivity contribution >= 4 is 11.9 Å². The molecule has 0 heterocycles. The third-order valence-electron chi connectivity index (χ3n) is 2.63. The molecular formula is C14H22O5. The first-order chi connectivity index (χ1) is 8.88. The molecule has 0 rings (SSSR count). The lowest BCUT2D eigenvalue weighted by molar-refractivity contribution is -0.138. The molecule has 1 unspecified atom stereocenters. The van der Waals surface area contributed by atoms with Gasteiger partial charge in [-0.25, -0.2) is 9.59 Å². The molecule has 5 heteroatoms. The average Bonchev–Trinajstić information content (AvgIpc) is 2.39. The van der Waals surface area contributed by atoms with E-state index >= 15 is 0 Å². The third kappa shape index (κ3) is 8.15. The van der Waals surface area contributed by atoms with Crippen molar-refractivity contribution in [3.8, 4) is 0 Å². The Bertz CT molecular complexity index is 368. The normalized spacial score (nSPS) is 14.1. The number of esters is 1. The summed E-state index contributed by atoms with van der Waals surface area (Å²) in [5.41, 5.74) is 0.681. The lowest BCUT2D eigenvalue weighted by Gasteiger charge is -2.06. The van der Waals surface area contributed by atoms with Crippen LogP contribution in [-0.2, 0) is 14.3 Å². The van der Waals surface area contributed by atoms with E-state index < -0.39 is 18.0 Å². The number of hydrogen-bond acceptors (Lipinski definition) is 4. The summed E-state index contributed by atoms with van der Waals surface area (Å²) in [5.74, 6) is -1.42. The summed E-state index contributed by atoms with van der Waals surface area (Å²) < 4.78 is 4.97. The van der Waals surface area contributed by atoms with E-state index in [1.807, 2.05) is 6.92 Å². The predicted molar refractivity (Wildman–Crippen MR) is 71.6 cm³/mol. The smallest absolute Gasteiger partial charge is 0.333 e. The molecule has 19 heavy (non-hydrogen) atoms. The van der Waals surface area contributed by atoms with Gasteiger partial charge in [0.15, 0.2) is 0 Å². The number of carboxylic acids is 1. The SMILES string of the molecule is CCC(O)CC=C(C)C(=O)OCCC=C(C)C(=O)O. The fourth-order valence-electron chi connectivity index (χ4n) is 1.19. The van der Waals surface area contributed by atoms with E-state index in [0.29, 0.717) is 24.8 Å². The van der Waals surface area contributed by atoms with Gasteiger partial charge in [0, 0.05) is 17.6 Å². The summed E-state index contributed by atoms with van der Waals surface area (Å²) in [5, 5.41) is 18.0. The van der Waals surface area contributed by atoms with Crippen molar-refractivity contribution in [2.75, 3.05) is 6.61 Å². The van der Waals surface area contributed by atoms with Crippen LogP contribution in [0.3, 0.4) is 0 Å². The first-order valence-corrected chi connectivity index (χ1v) is 6.30. The van der Waals surface area contributed by atoms with Gasteiger partial charge in [-0.05, 0) is 26.7 Å². The van der Waals surface area contributed by atoms with Crippen LogP contribution < -0.4 is 0 Å². The summed E-state index contributed by atoms with van der Waals surface area (Å²) in [6, 6.07) is 0. The van der Waals surface area contributed by atoms with Crippen molar-refractivity contribution in [1.29, 1.82) is 0 Å². The zero-order valence-electron chi connectivity index (χ0n) is 11.7. The summed E-state index contributed by atoms with van der Waals surface area (Å²) in [6.45, 7) is 5.12. The van der Waals surface area contributed by atoms with Gasteiger partial charge < -0.3 is 14.9 Å². The van der Waals surface area contributed by atoms with Gasteiger partial charge in [-0.15, -0.1) is 0 Å². The molecule has 0 aromatic carbocycles. The Balaban J connectivity index is 4.04. The van der Waals surface area contributed by atoms with Gasteiger partial charge in [0.25, 0.3) is 0 Å². The van der Waals surface area contributed by atoms with Crippen LogP contribution >= 0.6 is 0 Å². The minimum atomic E-state index is -0.976. The van der Waals surface area contributed by atoms with Gasteiger partial charge in [-0.2, -0.15) is 0 Å². The van der Waals surface area contributed by atoms with Crippen molar-refractivity contribution in [3.63, 3.8) is 0 Å². The van der Waals surface area contributed by atoms with Gasteiger partial charge in [-0.3, -0.25) is 0 Å². The molecule has 0 amide bonds. The zero-order valence-corrected chi connectivity index (χ0v) is 11.7. The van der Waals surface area contributed by atoms with Crippen molar-refractivity contribution in [2.24, 2.45) is 0 Å². The third-order valence-corrected chi connectivity index (χ3v) is 2.63. The highest BCUT2D eigenvalue weighted by atomic mass is 16.5. The molecule has 0 aliphatic rings. The molecule has 0 saturated carbocycles. The zero-order chi connectivity index (χ0) is 14.8. The second-order valence-corrected chi connectivity index (χ2v) is 4.30. The van der Waals surface area contributed by atoms with Crippen LogP contribution in [0.25, 0.3) is 0 Å². The highest BCUT2D eigenvalue weighted by Crippen LogP contribution is 2.05. The molecule has 1 atom stereocenters. The molecule has 0 saturated heterocycles. The maximum atomic E-state index is 11.5. The molecule has 5 nitrogen and oxygen atoms in total. The molecule has 0 aromatic rings. The summed E-state index contributed by atoms with van der Waals surface area (Å²) in [6.07, 6.45) is 4.15. The molecule has 0 fully saturated rings. The minimum Gasteiger partial charge on any atom is -0.478 e. The average molecular weight is 270 g/mol. The van der Waals surface area contributed by atoms with E-state index in [9.17, 15) is 14.7 Å². The Morgan fingerprint density at radius 2 is 1.84 bits per heavy atom. The molecule has 108 valence electrons. The number of aliphatic hydroxyl groups excluding tert-OH is 1. The van der Waals surface area contributed by atoms with Gasteiger partial charge in [-0.1, -0.05) is 19.1 Å². The number of aliphatic carboxylic acids is 1. The summed E-state index contributed by atoms with van der Waals surface area (Å²) >= 11 is 0. The Kier molecular flexibility index (Phi) is 8.53. The second-order valence-electron chi connectivity index (χ2n) is 4.30. The summed E-state index contributed by atoms with van der Waals surface area (Å²) in [4.78, 5) is 22.0. The van der Waals surface area contributed by atoms with Crippen LogP contribution in [0.2, 0.25) is 0 Å². The Morgan fingerprint density at radius 3 is 2.37 bits per heavy atom. The first kappa shape index (κ1) is 17.4. The number of carbonyl (C=O) groups excluding carboxylic acids is 1. The van der Waals surface area contributed by atoms with Crippen molar-refractivity contribution < 1.29 is 24.5 Å². The molecule has 0 bridgehead atoms. The van der Waals surface area contributed by atoms with Crippen LogP contribution in [0.4, 0.5) is 0 Å². The van der Waals surface area contributed by atoms with E-state index in [4.69, 9.17) is 9.84 Å². The largest absolute Gasteiger partial charge is 0.478 e. The molecule has 0 spiro atoms. The Morgan fingerprint density at radius 1 is 1.21 bits per heavy atom. The number of carbonyl (C=O) groups is 2. The molecule has 0 aromatic heterocycles. The van der Waals surface area contributed by atoms with E-state index in [1.165, 1.54) is 13.0 Å². The number of rotatable bonds is 8. The maximum absolute atomic E-state index is 11.5. The molecular weight excluding hydrogens is 248 g/mol. The second kappa shape index (κ2) is 9.33. The fourth-order valence-corrected chi connectivity index (χ4v) is 1.19. The van der Waals surface area contributed by atoms with Gasteiger partial charge >= 0.3 is 11.9 Å². The lowest BCUT2D eigenvalue weighted by atomic mass is 10.1.